The van der Waals surface area contributed by atoms with E-state index in [0.29, 0.717) is 17.1 Å². The number of halogens is 1. The van der Waals surface area contributed by atoms with E-state index in [9.17, 15) is 9.59 Å². The van der Waals surface area contributed by atoms with Crippen molar-refractivity contribution in [3.8, 4) is 0 Å². The quantitative estimate of drug-likeness (QED) is 0.833. The highest BCUT2D eigenvalue weighted by atomic mass is 35.5. The first kappa shape index (κ1) is 15.8. The zero-order chi connectivity index (χ0) is 15.9. The van der Waals surface area contributed by atoms with Crippen molar-refractivity contribution in [2.75, 3.05) is 0 Å². The summed E-state index contributed by atoms with van der Waals surface area (Å²) < 4.78 is 0. The van der Waals surface area contributed by atoms with Gasteiger partial charge in [0.15, 0.2) is 0 Å². The molecule has 0 radical (unpaired) electrons. The first-order valence-corrected chi connectivity index (χ1v) is 7.02. The van der Waals surface area contributed by atoms with E-state index in [4.69, 9.17) is 17.3 Å². The van der Waals surface area contributed by atoms with Crippen molar-refractivity contribution < 1.29 is 9.59 Å². The van der Waals surface area contributed by atoms with Crippen molar-refractivity contribution in [1.82, 2.24) is 5.32 Å². The van der Waals surface area contributed by atoms with Gasteiger partial charge in [0.2, 0.25) is 11.8 Å². The Morgan fingerprint density at radius 2 is 1.68 bits per heavy atom. The van der Waals surface area contributed by atoms with E-state index in [1.165, 1.54) is 6.08 Å². The molecule has 0 aliphatic heterocycles. The van der Waals surface area contributed by atoms with E-state index < -0.39 is 5.91 Å². The van der Waals surface area contributed by atoms with Gasteiger partial charge in [0.1, 0.15) is 0 Å². The summed E-state index contributed by atoms with van der Waals surface area (Å²) in [5.41, 5.74) is 7.39. The molecule has 5 heteroatoms. The van der Waals surface area contributed by atoms with Crippen LogP contribution in [0.3, 0.4) is 0 Å². The molecule has 0 aromatic heterocycles. The normalized spacial score (nSPS) is 10.6. The molecule has 0 fully saturated rings. The molecule has 0 atom stereocenters. The van der Waals surface area contributed by atoms with Crippen molar-refractivity contribution in [3.63, 3.8) is 0 Å². The van der Waals surface area contributed by atoms with Crippen LogP contribution in [0.1, 0.15) is 21.5 Å². The fourth-order valence-electron chi connectivity index (χ4n) is 1.78. The molecule has 0 saturated carbocycles. The number of hydrogen-bond donors (Lipinski definition) is 2. The first-order valence-electron chi connectivity index (χ1n) is 6.65. The van der Waals surface area contributed by atoms with Crippen LogP contribution in [-0.4, -0.2) is 11.8 Å². The zero-order valence-corrected chi connectivity index (χ0v) is 12.5. The molecule has 0 saturated heterocycles. The summed E-state index contributed by atoms with van der Waals surface area (Å²) in [6.07, 6.45) is 3.17. The number of primary amides is 1. The second kappa shape index (κ2) is 7.43. The number of benzene rings is 2. The van der Waals surface area contributed by atoms with Gasteiger partial charge in [-0.05, 0) is 41.5 Å². The Morgan fingerprint density at radius 1 is 1.05 bits per heavy atom. The van der Waals surface area contributed by atoms with Crippen LogP contribution in [0.5, 0.6) is 0 Å². The van der Waals surface area contributed by atoms with E-state index in [2.05, 4.69) is 5.32 Å². The molecular weight excluding hydrogens is 300 g/mol. The van der Waals surface area contributed by atoms with Gasteiger partial charge in [-0.2, -0.15) is 0 Å². The SMILES string of the molecule is NC(=O)c1ccc(CNC(=O)/C=C/c2ccc(Cl)cc2)cc1. The summed E-state index contributed by atoms with van der Waals surface area (Å²) in [4.78, 5) is 22.7. The van der Waals surface area contributed by atoms with Gasteiger partial charge in [-0.15, -0.1) is 0 Å². The molecule has 0 spiro atoms. The maximum Gasteiger partial charge on any atom is 0.248 e. The van der Waals surface area contributed by atoms with Crippen molar-refractivity contribution in [1.29, 1.82) is 0 Å². The monoisotopic (exact) mass is 314 g/mol. The number of carbonyl (C=O) groups is 2. The molecule has 3 N–H and O–H groups in total. The predicted octanol–water partition coefficient (Wildman–Crippen LogP) is 2.77. The highest BCUT2D eigenvalue weighted by Gasteiger charge is 2.01. The van der Waals surface area contributed by atoms with Crippen LogP contribution in [0, 0.1) is 0 Å². The van der Waals surface area contributed by atoms with E-state index >= 15 is 0 Å². The maximum absolute atomic E-state index is 11.7. The van der Waals surface area contributed by atoms with Crippen LogP contribution in [0.2, 0.25) is 5.02 Å². The Bertz CT molecular complexity index is 692. The number of hydrogen-bond acceptors (Lipinski definition) is 2. The highest BCUT2D eigenvalue weighted by molar-refractivity contribution is 6.30. The van der Waals surface area contributed by atoms with Crippen LogP contribution < -0.4 is 11.1 Å². The number of nitrogens with two attached hydrogens (primary N) is 1. The molecule has 2 aromatic rings. The van der Waals surface area contributed by atoms with Crippen molar-refractivity contribution in [3.05, 3.63) is 76.3 Å². The van der Waals surface area contributed by atoms with E-state index in [1.807, 2.05) is 12.1 Å². The number of rotatable bonds is 5. The minimum atomic E-state index is -0.471. The molecule has 0 unspecified atom stereocenters. The summed E-state index contributed by atoms with van der Waals surface area (Å²) in [5.74, 6) is -0.671. The number of nitrogens with one attached hydrogen (secondary N) is 1. The molecule has 2 rings (SSSR count). The molecule has 4 nitrogen and oxygen atoms in total. The Hall–Kier alpha value is -2.59. The van der Waals surface area contributed by atoms with Crippen molar-refractivity contribution in [2.45, 2.75) is 6.54 Å². The summed E-state index contributed by atoms with van der Waals surface area (Å²) in [6.45, 7) is 0.378. The molecule has 0 aliphatic carbocycles. The molecule has 22 heavy (non-hydrogen) atoms. The molecule has 0 heterocycles. The average molecular weight is 315 g/mol. The highest BCUT2D eigenvalue weighted by Crippen LogP contribution is 2.10. The minimum absolute atomic E-state index is 0.200. The second-order valence-corrected chi connectivity index (χ2v) is 5.10. The fourth-order valence-corrected chi connectivity index (χ4v) is 1.91. The topological polar surface area (TPSA) is 72.2 Å². The van der Waals surface area contributed by atoms with E-state index in [-0.39, 0.29) is 5.91 Å². The Balaban J connectivity index is 1.87. The van der Waals surface area contributed by atoms with Gasteiger partial charge in [-0.25, -0.2) is 0 Å². The average Bonchev–Trinajstić information content (AvgIpc) is 2.52. The third-order valence-electron chi connectivity index (χ3n) is 3.00. The summed E-state index contributed by atoms with van der Waals surface area (Å²) in [7, 11) is 0. The van der Waals surface area contributed by atoms with Crippen molar-refractivity contribution >= 4 is 29.5 Å². The largest absolute Gasteiger partial charge is 0.366 e. The van der Waals surface area contributed by atoms with Crippen LogP contribution in [0.15, 0.2) is 54.6 Å². The standard InChI is InChI=1S/C17H15ClN2O2/c18-15-8-3-12(4-9-15)5-10-16(21)20-11-13-1-6-14(7-2-13)17(19)22/h1-10H,11H2,(H2,19,22)(H,20,21)/b10-5+. The smallest absolute Gasteiger partial charge is 0.248 e. The van der Waals surface area contributed by atoms with Gasteiger partial charge in [-0.1, -0.05) is 35.9 Å². The molecule has 2 aromatic carbocycles. The van der Waals surface area contributed by atoms with Crippen LogP contribution in [0.25, 0.3) is 6.08 Å². The van der Waals surface area contributed by atoms with Gasteiger partial charge in [-0.3, -0.25) is 9.59 Å². The third-order valence-corrected chi connectivity index (χ3v) is 3.25. The van der Waals surface area contributed by atoms with Gasteiger partial charge in [0.05, 0.1) is 0 Å². The van der Waals surface area contributed by atoms with Gasteiger partial charge >= 0.3 is 0 Å². The van der Waals surface area contributed by atoms with E-state index in [0.717, 1.165) is 11.1 Å². The first-order chi connectivity index (χ1) is 10.5. The number of carbonyl (C=O) groups excluding carboxylic acids is 2. The van der Waals surface area contributed by atoms with Gasteiger partial charge in [0.25, 0.3) is 0 Å². The summed E-state index contributed by atoms with van der Waals surface area (Å²) >= 11 is 5.79. The number of amides is 2. The lowest BCUT2D eigenvalue weighted by Gasteiger charge is -2.03. The molecule has 0 aliphatic rings. The minimum Gasteiger partial charge on any atom is -0.366 e. The van der Waals surface area contributed by atoms with Gasteiger partial charge in [0, 0.05) is 23.2 Å². The molecule has 2 amide bonds. The Kier molecular flexibility index (Phi) is 5.33. The summed E-state index contributed by atoms with van der Waals surface area (Å²) in [5, 5.41) is 3.41. The Morgan fingerprint density at radius 3 is 2.27 bits per heavy atom. The molecule has 0 bridgehead atoms. The van der Waals surface area contributed by atoms with Gasteiger partial charge < -0.3 is 11.1 Å². The third kappa shape index (κ3) is 4.75. The maximum atomic E-state index is 11.7. The molecule has 112 valence electrons. The zero-order valence-electron chi connectivity index (χ0n) is 11.8. The lowest BCUT2D eigenvalue weighted by Crippen LogP contribution is -2.20. The Labute approximate surface area is 133 Å². The fraction of sp³-hybridized carbons (Fsp3) is 0.0588. The lowest BCUT2D eigenvalue weighted by molar-refractivity contribution is -0.116. The van der Waals surface area contributed by atoms with Crippen LogP contribution >= 0.6 is 11.6 Å². The summed E-state index contributed by atoms with van der Waals surface area (Å²) in [6, 6.07) is 14.0. The molecular formula is C17H15ClN2O2. The van der Waals surface area contributed by atoms with E-state index in [1.54, 1.807) is 42.5 Å². The van der Waals surface area contributed by atoms with Crippen LogP contribution in [-0.2, 0) is 11.3 Å². The van der Waals surface area contributed by atoms with Crippen molar-refractivity contribution in [2.24, 2.45) is 5.73 Å². The predicted molar refractivity (Wildman–Crippen MR) is 87.3 cm³/mol. The lowest BCUT2D eigenvalue weighted by atomic mass is 10.1. The van der Waals surface area contributed by atoms with Crippen LogP contribution in [0.4, 0.5) is 0 Å². The second-order valence-electron chi connectivity index (χ2n) is 4.66.